The molecule has 1 aromatic carbocycles. The van der Waals surface area contributed by atoms with Crippen LogP contribution in [0.25, 0.3) is 0 Å². The van der Waals surface area contributed by atoms with E-state index in [2.05, 4.69) is 5.43 Å². The molecule has 0 aromatic heterocycles. The van der Waals surface area contributed by atoms with Crippen LogP contribution in [0.1, 0.15) is 43.7 Å². The molecule has 3 aliphatic rings. The van der Waals surface area contributed by atoms with Crippen molar-refractivity contribution in [2.45, 2.75) is 50.2 Å². The lowest BCUT2D eigenvalue weighted by molar-refractivity contribution is -0.144. The normalized spacial score (nSPS) is 31.7. The fourth-order valence-corrected chi connectivity index (χ4v) is 4.47. The summed E-state index contributed by atoms with van der Waals surface area (Å²) < 4.78 is 0. The van der Waals surface area contributed by atoms with Crippen molar-refractivity contribution in [2.75, 3.05) is 7.05 Å². The van der Waals surface area contributed by atoms with E-state index < -0.39 is 12.0 Å². The highest BCUT2D eigenvalue weighted by Crippen LogP contribution is 2.41. The Kier molecular flexibility index (Phi) is 3.81. The first kappa shape index (κ1) is 15.6. The van der Waals surface area contributed by atoms with Gasteiger partial charge in [-0.25, -0.2) is 10.4 Å². The fraction of sp³-hybridized carbons (Fsp3) is 0.556. The first-order valence-electron chi connectivity index (χ1n) is 8.73. The fourth-order valence-electron chi connectivity index (χ4n) is 4.47. The first-order valence-corrected chi connectivity index (χ1v) is 8.73. The zero-order valence-electron chi connectivity index (χ0n) is 13.8. The number of phenols is 1. The predicted octanol–water partition coefficient (Wildman–Crippen LogP) is 1.57. The number of phenolic OH excluding ortho intramolecular Hbond substituents is 1. The molecule has 2 amide bonds. The number of aromatic hydroxyl groups is 1. The molecular weight excluding hydrogens is 306 g/mol. The number of benzene rings is 1. The van der Waals surface area contributed by atoms with Crippen LogP contribution in [0.5, 0.6) is 5.75 Å². The van der Waals surface area contributed by atoms with E-state index in [0.29, 0.717) is 0 Å². The van der Waals surface area contributed by atoms with E-state index in [1.165, 1.54) is 6.42 Å². The number of imide groups is 1. The summed E-state index contributed by atoms with van der Waals surface area (Å²) >= 11 is 0. The van der Waals surface area contributed by atoms with Gasteiger partial charge in [-0.2, -0.15) is 0 Å². The van der Waals surface area contributed by atoms with Gasteiger partial charge in [0.1, 0.15) is 11.8 Å². The van der Waals surface area contributed by atoms with Gasteiger partial charge in [-0.15, -0.1) is 0 Å². The van der Waals surface area contributed by atoms with E-state index in [4.69, 9.17) is 0 Å². The molecule has 4 rings (SSSR count). The first-order chi connectivity index (χ1) is 11.6. The second-order valence-corrected chi connectivity index (χ2v) is 7.12. The molecule has 2 N–H and O–H groups in total. The summed E-state index contributed by atoms with van der Waals surface area (Å²) in [6.45, 7) is 0. The molecule has 1 aromatic rings. The molecule has 24 heavy (non-hydrogen) atoms. The number of hydrogen-bond acceptors (Lipinski definition) is 5. The number of carbonyl (C=O) groups is 2. The predicted molar refractivity (Wildman–Crippen MR) is 87.8 cm³/mol. The monoisotopic (exact) mass is 329 g/mol. The second-order valence-electron chi connectivity index (χ2n) is 7.12. The Morgan fingerprint density at radius 1 is 1.04 bits per heavy atom. The van der Waals surface area contributed by atoms with E-state index in [-0.39, 0.29) is 29.6 Å². The molecule has 6 nitrogen and oxygen atoms in total. The number of rotatable bonds is 2. The van der Waals surface area contributed by atoms with Crippen LogP contribution in [0.3, 0.4) is 0 Å². The molecule has 2 saturated heterocycles. The molecule has 3 atom stereocenters. The van der Waals surface area contributed by atoms with E-state index in [0.717, 1.165) is 31.2 Å². The Morgan fingerprint density at radius 3 is 2.38 bits per heavy atom. The molecule has 2 aliphatic heterocycles. The number of amides is 2. The topological polar surface area (TPSA) is 72.9 Å². The molecule has 0 spiro atoms. The second kappa shape index (κ2) is 5.86. The minimum atomic E-state index is -0.432. The van der Waals surface area contributed by atoms with Gasteiger partial charge >= 0.3 is 0 Å². The van der Waals surface area contributed by atoms with Gasteiger partial charge in [0.15, 0.2) is 0 Å². The van der Waals surface area contributed by atoms with Crippen LogP contribution in [0, 0.1) is 5.92 Å². The molecule has 0 radical (unpaired) electrons. The average molecular weight is 329 g/mol. The smallest absolute Gasteiger partial charge is 0.249 e. The molecule has 2 heterocycles. The number of nitrogens with one attached hydrogen (secondary N) is 1. The third-order valence-corrected chi connectivity index (χ3v) is 5.66. The molecule has 0 unspecified atom stereocenters. The largest absolute Gasteiger partial charge is 0.508 e. The van der Waals surface area contributed by atoms with Crippen molar-refractivity contribution in [3.8, 4) is 5.75 Å². The van der Waals surface area contributed by atoms with Crippen LogP contribution >= 0.6 is 0 Å². The van der Waals surface area contributed by atoms with Gasteiger partial charge in [-0.05, 0) is 30.5 Å². The average Bonchev–Trinajstić information content (AvgIpc) is 3.06. The molecule has 6 heteroatoms. The summed E-state index contributed by atoms with van der Waals surface area (Å²) in [7, 11) is 1.83. The van der Waals surface area contributed by atoms with Gasteiger partial charge in [0.25, 0.3) is 0 Å². The summed E-state index contributed by atoms with van der Waals surface area (Å²) in [5.74, 6) is -0.312. The third kappa shape index (κ3) is 2.32. The summed E-state index contributed by atoms with van der Waals surface area (Å²) in [6.07, 6.45) is 5.23. The Balaban J connectivity index is 1.64. The van der Waals surface area contributed by atoms with Crippen LogP contribution in [0.4, 0.5) is 0 Å². The van der Waals surface area contributed by atoms with Crippen LogP contribution in [-0.2, 0) is 9.59 Å². The lowest BCUT2D eigenvalue weighted by atomic mass is 9.90. The van der Waals surface area contributed by atoms with E-state index in [9.17, 15) is 14.7 Å². The van der Waals surface area contributed by atoms with E-state index in [1.807, 2.05) is 19.2 Å². The van der Waals surface area contributed by atoms with Crippen LogP contribution in [0.15, 0.2) is 24.3 Å². The van der Waals surface area contributed by atoms with Crippen molar-refractivity contribution in [2.24, 2.45) is 5.92 Å². The molecular formula is C18H23N3O3. The Hall–Kier alpha value is -1.92. The molecule has 0 bridgehead atoms. The maximum Gasteiger partial charge on any atom is 0.249 e. The summed E-state index contributed by atoms with van der Waals surface area (Å²) in [5, 5.41) is 11.3. The highest BCUT2D eigenvalue weighted by Gasteiger charge is 2.58. The van der Waals surface area contributed by atoms with Gasteiger partial charge < -0.3 is 5.11 Å². The van der Waals surface area contributed by atoms with Crippen LogP contribution < -0.4 is 5.43 Å². The number of likely N-dealkylation sites (tertiary alicyclic amines) is 1. The maximum absolute atomic E-state index is 13.1. The van der Waals surface area contributed by atoms with Gasteiger partial charge in [-0.1, -0.05) is 31.4 Å². The third-order valence-electron chi connectivity index (χ3n) is 5.66. The molecule has 128 valence electrons. The van der Waals surface area contributed by atoms with Gasteiger partial charge in [-0.3, -0.25) is 14.5 Å². The van der Waals surface area contributed by atoms with E-state index in [1.54, 1.807) is 22.0 Å². The Labute approximate surface area is 141 Å². The van der Waals surface area contributed by atoms with Gasteiger partial charge in [0.05, 0.1) is 12.0 Å². The molecule has 1 aliphatic carbocycles. The highest BCUT2D eigenvalue weighted by molar-refractivity contribution is 6.08. The number of nitrogens with zero attached hydrogens (tertiary/aromatic N) is 2. The standard InChI is InChI=1S/C18H23N3O3/c1-20-16-14(15(19-20)11-7-9-13(22)10-8-11)17(23)21(18(16)24)12-5-3-2-4-6-12/h7-10,12,14-16,19,22H,2-6H2,1H3/t14-,15+,16-/m0/s1. The van der Waals surface area contributed by atoms with Crippen molar-refractivity contribution in [1.82, 2.24) is 15.3 Å². The number of likely N-dealkylation sites (N-methyl/N-ethyl adjacent to an activating group) is 1. The van der Waals surface area contributed by atoms with Crippen molar-refractivity contribution in [3.63, 3.8) is 0 Å². The van der Waals surface area contributed by atoms with Crippen LogP contribution in [-0.4, -0.2) is 46.0 Å². The van der Waals surface area contributed by atoms with Crippen molar-refractivity contribution in [3.05, 3.63) is 29.8 Å². The zero-order chi connectivity index (χ0) is 16.8. The Morgan fingerprint density at radius 2 is 1.71 bits per heavy atom. The number of fused-ring (bicyclic) bond motifs is 1. The number of hydrogen-bond donors (Lipinski definition) is 2. The summed E-state index contributed by atoms with van der Waals surface area (Å²) in [4.78, 5) is 27.6. The number of hydrazine groups is 1. The highest BCUT2D eigenvalue weighted by atomic mass is 16.3. The molecule has 3 fully saturated rings. The minimum absolute atomic E-state index is 0.0492. The SMILES string of the molecule is CN1N[C@H](c2ccc(O)cc2)[C@@H]2C(=O)N(C3CCCCC3)C(=O)[C@H]21. The van der Waals surface area contributed by atoms with Crippen molar-refractivity contribution in [1.29, 1.82) is 0 Å². The molecule has 1 saturated carbocycles. The summed E-state index contributed by atoms with van der Waals surface area (Å²) in [6, 6.07) is 6.26. The van der Waals surface area contributed by atoms with Gasteiger partial charge in [0.2, 0.25) is 11.8 Å². The minimum Gasteiger partial charge on any atom is -0.508 e. The lowest BCUT2D eigenvalue weighted by Crippen LogP contribution is -2.47. The van der Waals surface area contributed by atoms with Crippen molar-refractivity contribution >= 4 is 11.8 Å². The summed E-state index contributed by atoms with van der Waals surface area (Å²) in [5.41, 5.74) is 4.17. The number of carbonyl (C=O) groups excluding carboxylic acids is 2. The van der Waals surface area contributed by atoms with Crippen molar-refractivity contribution < 1.29 is 14.7 Å². The maximum atomic E-state index is 13.1. The van der Waals surface area contributed by atoms with Crippen LogP contribution in [0.2, 0.25) is 0 Å². The Bertz CT molecular complexity index is 654. The lowest BCUT2D eigenvalue weighted by Gasteiger charge is -2.31. The zero-order valence-corrected chi connectivity index (χ0v) is 13.8. The quantitative estimate of drug-likeness (QED) is 0.806. The van der Waals surface area contributed by atoms with Gasteiger partial charge in [0, 0.05) is 13.1 Å². The van der Waals surface area contributed by atoms with E-state index >= 15 is 0 Å².